The summed E-state index contributed by atoms with van der Waals surface area (Å²) in [5.74, 6) is 1.67. The summed E-state index contributed by atoms with van der Waals surface area (Å²) in [6.45, 7) is 5.98. The monoisotopic (exact) mass is 326 g/mol. The molecule has 1 aromatic rings. The highest BCUT2D eigenvalue weighted by molar-refractivity contribution is 5.90. The minimum Gasteiger partial charge on any atom is -0.480 e. The number of likely N-dealkylation sites (tertiary alicyclic amines) is 1. The van der Waals surface area contributed by atoms with E-state index < -0.39 is 5.60 Å². The van der Waals surface area contributed by atoms with Crippen molar-refractivity contribution in [2.24, 2.45) is 5.92 Å². The number of benzene rings is 1. The molecular formula is C20H26N2O2. The van der Waals surface area contributed by atoms with E-state index in [0.717, 1.165) is 57.6 Å². The standard InChI is InChI=1S/C20H26N2O2/c1-2-22-15-18(24-20(10-11-20)19(22)23)17-8-12-21(13-9-17)14-16-6-4-3-5-7-16/h3-7,15,17H,2,8-14H2,1H3. The molecule has 24 heavy (non-hydrogen) atoms. The second kappa shape index (κ2) is 6.25. The third-order valence-corrected chi connectivity index (χ3v) is 5.53. The molecule has 4 rings (SSSR count). The second-order valence-corrected chi connectivity index (χ2v) is 7.26. The van der Waals surface area contributed by atoms with Gasteiger partial charge in [-0.25, -0.2) is 0 Å². The number of hydrogen-bond acceptors (Lipinski definition) is 3. The number of allylic oxidation sites excluding steroid dienone is 1. The fourth-order valence-corrected chi connectivity index (χ4v) is 3.84. The normalized spacial score (nSPS) is 24.0. The van der Waals surface area contributed by atoms with Gasteiger partial charge in [0.05, 0.1) is 0 Å². The summed E-state index contributed by atoms with van der Waals surface area (Å²) < 4.78 is 6.17. The van der Waals surface area contributed by atoms with Gasteiger partial charge in [0.2, 0.25) is 0 Å². The second-order valence-electron chi connectivity index (χ2n) is 7.26. The van der Waals surface area contributed by atoms with Gasteiger partial charge < -0.3 is 9.64 Å². The number of piperidine rings is 1. The molecule has 1 spiro atoms. The Hall–Kier alpha value is -1.81. The average molecular weight is 326 g/mol. The molecule has 4 nitrogen and oxygen atoms in total. The predicted molar refractivity (Wildman–Crippen MR) is 93.0 cm³/mol. The Morgan fingerprint density at radius 3 is 2.50 bits per heavy atom. The first-order valence-corrected chi connectivity index (χ1v) is 9.18. The summed E-state index contributed by atoms with van der Waals surface area (Å²) >= 11 is 0. The molecule has 0 N–H and O–H groups in total. The molecule has 0 bridgehead atoms. The largest absolute Gasteiger partial charge is 0.480 e. The number of rotatable bonds is 4. The molecule has 0 atom stereocenters. The molecular weight excluding hydrogens is 300 g/mol. The van der Waals surface area contributed by atoms with E-state index in [2.05, 4.69) is 35.2 Å². The van der Waals surface area contributed by atoms with Crippen molar-refractivity contribution in [3.8, 4) is 0 Å². The zero-order valence-electron chi connectivity index (χ0n) is 14.4. The highest BCUT2D eigenvalue weighted by Crippen LogP contribution is 2.47. The number of hydrogen-bond donors (Lipinski definition) is 0. The third kappa shape index (κ3) is 2.95. The summed E-state index contributed by atoms with van der Waals surface area (Å²) in [5, 5.41) is 0. The number of carbonyl (C=O) groups excluding carboxylic acids is 1. The molecule has 1 saturated carbocycles. The van der Waals surface area contributed by atoms with E-state index >= 15 is 0 Å². The lowest BCUT2D eigenvalue weighted by Crippen LogP contribution is -2.45. The van der Waals surface area contributed by atoms with Gasteiger partial charge in [-0.05, 0) is 38.4 Å². The Morgan fingerprint density at radius 1 is 1.17 bits per heavy atom. The Bertz CT molecular complexity index is 628. The molecule has 3 aliphatic rings. The molecule has 2 aliphatic heterocycles. The highest BCUT2D eigenvalue weighted by Gasteiger charge is 2.57. The minimum absolute atomic E-state index is 0.162. The van der Waals surface area contributed by atoms with Crippen LogP contribution in [0, 0.1) is 5.92 Å². The van der Waals surface area contributed by atoms with Gasteiger partial charge >= 0.3 is 0 Å². The maximum atomic E-state index is 12.4. The van der Waals surface area contributed by atoms with Gasteiger partial charge in [-0.3, -0.25) is 9.69 Å². The van der Waals surface area contributed by atoms with Gasteiger partial charge in [0, 0.05) is 38.0 Å². The van der Waals surface area contributed by atoms with Gasteiger partial charge in [-0.1, -0.05) is 30.3 Å². The van der Waals surface area contributed by atoms with Gasteiger partial charge in [-0.15, -0.1) is 0 Å². The van der Waals surface area contributed by atoms with Crippen molar-refractivity contribution in [1.29, 1.82) is 0 Å². The first kappa shape index (κ1) is 15.7. The first-order valence-electron chi connectivity index (χ1n) is 9.18. The topological polar surface area (TPSA) is 32.8 Å². The summed E-state index contributed by atoms with van der Waals surface area (Å²) in [6.07, 6.45) is 5.96. The van der Waals surface area contributed by atoms with Crippen molar-refractivity contribution < 1.29 is 9.53 Å². The Labute approximate surface area is 144 Å². The van der Waals surface area contributed by atoms with Crippen molar-refractivity contribution in [2.45, 2.75) is 44.8 Å². The quantitative estimate of drug-likeness (QED) is 0.852. The summed E-state index contributed by atoms with van der Waals surface area (Å²) in [7, 11) is 0. The predicted octanol–water partition coefficient (Wildman–Crippen LogP) is 3.15. The number of likely N-dealkylation sites (N-methyl/N-ethyl adjacent to an activating group) is 1. The summed E-state index contributed by atoms with van der Waals surface area (Å²) in [5.41, 5.74) is 0.880. The van der Waals surface area contributed by atoms with Crippen LogP contribution in [0.2, 0.25) is 0 Å². The van der Waals surface area contributed by atoms with E-state index in [-0.39, 0.29) is 5.91 Å². The summed E-state index contributed by atoms with van der Waals surface area (Å²) in [6, 6.07) is 10.7. The Balaban J connectivity index is 1.38. The molecule has 2 heterocycles. The smallest absolute Gasteiger partial charge is 0.270 e. The van der Waals surface area contributed by atoms with Crippen molar-refractivity contribution in [3.05, 3.63) is 47.9 Å². The first-order chi connectivity index (χ1) is 11.7. The molecule has 4 heteroatoms. The number of amides is 1. The SMILES string of the molecule is CCN1C=C(C2CCN(Cc3ccccc3)CC2)OC2(CC2)C1=O. The molecule has 1 amide bonds. The lowest BCUT2D eigenvalue weighted by Gasteiger charge is -2.37. The molecule has 0 aromatic heterocycles. The lowest BCUT2D eigenvalue weighted by atomic mass is 9.93. The zero-order chi connectivity index (χ0) is 16.6. The van der Waals surface area contributed by atoms with Crippen LogP contribution in [0.1, 0.15) is 38.2 Å². The Morgan fingerprint density at radius 2 is 1.88 bits per heavy atom. The molecule has 2 fully saturated rings. The van der Waals surface area contributed by atoms with Gasteiger partial charge in [0.1, 0.15) is 5.76 Å². The van der Waals surface area contributed by atoms with Crippen molar-refractivity contribution in [3.63, 3.8) is 0 Å². The summed E-state index contributed by atoms with van der Waals surface area (Å²) in [4.78, 5) is 16.8. The van der Waals surface area contributed by atoms with E-state index in [1.54, 1.807) is 0 Å². The maximum absolute atomic E-state index is 12.4. The number of ether oxygens (including phenoxy) is 1. The van der Waals surface area contributed by atoms with Crippen molar-refractivity contribution in [2.75, 3.05) is 19.6 Å². The molecule has 128 valence electrons. The van der Waals surface area contributed by atoms with Gasteiger partial charge in [0.25, 0.3) is 5.91 Å². The van der Waals surface area contributed by atoms with E-state index in [9.17, 15) is 4.79 Å². The number of nitrogens with zero attached hydrogens (tertiary/aromatic N) is 2. The van der Waals surface area contributed by atoms with Crippen LogP contribution in [-0.2, 0) is 16.1 Å². The fourth-order valence-electron chi connectivity index (χ4n) is 3.84. The molecule has 1 aromatic carbocycles. The molecule has 0 unspecified atom stereocenters. The molecule has 1 saturated heterocycles. The minimum atomic E-state index is -0.499. The number of carbonyl (C=O) groups is 1. The zero-order valence-corrected chi connectivity index (χ0v) is 14.4. The average Bonchev–Trinajstić information content (AvgIpc) is 3.39. The van der Waals surface area contributed by atoms with E-state index in [0.29, 0.717) is 5.92 Å². The van der Waals surface area contributed by atoms with E-state index in [4.69, 9.17) is 4.74 Å². The van der Waals surface area contributed by atoms with Crippen LogP contribution >= 0.6 is 0 Å². The van der Waals surface area contributed by atoms with Crippen LogP contribution in [0.25, 0.3) is 0 Å². The van der Waals surface area contributed by atoms with Gasteiger partial charge in [0.15, 0.2) is 5.60 Å². The van der Waals surface area contributed by atoms with E-state index in [1.165, 1.54) is 5.56 Å². The van der Waals surface area contributed by atoms with Crippen LogP contribution in [-0.4, -0.2) is 40.9 Å². The van der Waals surface area contributed by atoms with Crippen LogP contribution in [0.5, 0.6) is 0 Å². The fraction of sp³-hybridized carbons (Fsp3) is 0.550. The maximum Gasteiger partial charge on any atom is 0.270 e. The van der Waals surface area contributed by atoms with Crippen LogP contribution in [0.15, 0.2) is 42.3 Å². The van der Waals surface area contributed by atoms with Crippen molar-refractivity contribution >= 4 is 5.91 Å². The van der Waals surface area contributed by atoms with Crippen LogP contribution < -0.4 is 0 Å². The van der Waals surface area contributed by atoms with E-state index in [1.807, 2.05) is 18.0 Å². The van der Waals surface area contributed by atoms with Crippen LogP contribution in [0.3, 0.4) is 0 Å². The van der Waals surface area contributed by atoms with Gasteiger partial charge in [-0.2, -0.15) is 0 Å². The molecule has 0 radical (unpaired) electrons. The Kier molecular flexibility index (Phi) is 4.09. The van der Waals surface area contributed by atoms with Crippen LogP contribution in [0.4, 0.5) is 0 Å². The lowest BCUT2D eigenvalue weighted by molar-refractivity contribution is -0.145. The molecule has 1 aliphatic carbocycles. The van der Waals surface area contributed by atoms with Crippen molar-refractivity contribution in [1.82, 2.24) is 9.80 Å². The third-order valence-electron chi connectivity index (χ3n) is 5.53. The highest BCUT2D eigenvalue weighted by atomic mass is 16.5.